The Morgan fingerprint density at radius 2 is 1.81 bits per heavy atom. The zero-order valence-electron chi connectivity index (χ0n) is 18.9. The van der Waals surface area contributed by atoms with Gasteiger partial charge in [0.05, 0.1) is 17.1 Å². The third-order valence-electron chi connectivity index (χ3n) is 5.18. The Morgan fingerprint density at radius 1 is 1.14 bits per heavy atom. The highest BCUT2D eigenvalue weighted by Gasteiger charge is 2.44. The van der Waals surface area contributed by atoms with E-state index >= 15 is 0 Å². The van der Waals surface area contributed by atoms with Crippen LogP contribution in [0, 0.1) is 0 Å². The third-order valence-corrected chi connectivity index (χ3v) is 5.40. The number of carboxylic acid groups (broad SMARTS) is 2. The summed E-state index contributed by atoms with van der Waals surface area (Å²) >= 11 is 5.89. The average molecular weight is 521 g/mol. The van der Waals surface area contributed by atoms with Gasteiger partial charge in [-0.25, -0.2) is 19.7 Å². The molecular weight excluding hydrogens is 500 g/mol. The molecule has 2 atom stereocenters. The Bertz CT molecular complexity index is 1130. The maximum atomic E-state index is 12.8. The van der Waals surface area contributed by atoms with E-state index < -0.39 is 42.7 Å². The van der Waals surface area contributed by atoms with Gasteiger partial charge in [-0.3, -0.25) is 9.78 Å². The minimum Gasteiger partial charge on any atom is -0.550 e. The number of carbonyl (C=O) groups is 4. The molecule has 0 unspecified atom stereocenters. The number of aliphatic hydroxyl groups excluding tert-OH is 1. The summed E-state index contributed by atoms with van der Waals surface area (Å²) in [6, 6.07) is 3.20. The second-order valence-electron chi connectivity index (χ2n) is 7.74. The second kappa shape index (κ2) is 11.7. The van der Waals surface area contributed by atoms with Crippen molar-refractivity contribution in [3.8, 4) is 0 Å². The number of rotatable bonds is 5. The lowest BCUT2D eigenvalue weighted by molar-refractivity contribution is -0.323. The molecule has 36 heavy (non-hydrogen) atoms. The van der Waals surface area contributed by atoms with E-state index in [1.165, 1.54) is 23.5 Å². The molecule has 1 saturated heterocycles. The highest BCUT2D eigenvalue weighted by atomic mass is 35.5. The number of ether oxygens (including phenoxy) is 1. The van der Waals surface area contributed by atoms with Gasteiger partial charge in [0, 0.05) is 57.2 Å². The van der Waals surface area contributed by atoms with Crippen LogP contribution in [-0.2, 0) is 14.3 Å². The van der Waals surface area contributed by atoms with Gasteiger partial charge >= 0.3 is 6.09 Å². The van der Waals surface area contributed by atoms with Crippen LogP contribution in [0.5, 0.6) is 0 Å². The largest absolute Gasteiger partial charge is 0.550 e. The number of halogens is 1. The van der Waals surface area contributed by atoms with E-state index in [0.717, 1.165) is 13.1 Å². The lowest BCUT2D eigenvalue weighted by Crippen LogP contribution is -2.48. The van der Waals surface area contributed by atoms with Gasteiger partial charge in [0.25, 0.3) is 5.91 Å². The minimum absolute atomic E-state index is 0.144. The number of aliphatic hydroxyl groups is 1. The standard InChI is InChI=1S/C17H17ClN6O3.C4H6O5/c1-22-6-8-23(9-7-22)17(26)27-16-14-13(19-4-5-20-14)15(25)24(16)12-3-2-11(18)10-21-12;5-2(4(8)9)1-3(6)7/h2-5,10,16H,6-9H2,1H3;2,5H,1H2,(H,6,7)(H,8,9)/p-2/t16-;2-/m00/s1. The number of fused-ring (bicyclic) bond motifs is 1. The maximum absolute atomic E-state index is 12.8. The van der Waals surface area contributed by atoms with E-state index in [1.807, 2.05) is 7.05 Å². The van der Waals surface area contributed by atoms with Crippen LogP contribution >= 0.6 is 11.6 Å². The van der Waals surface area contributed by atoms with Crippen LogP contribution < -0.4 is 15.1 Å². The molecule has 2 aliphatic rings. The fraction of sp³-hybridized carbons (Fsp3) is 0.381. The number of anilines is 1. The molecule has 1 N–H and O–H groups in total. The van der Waals surface area contributed by atoms with Gasteiger partial charge in [0.15, 0.2) is 5.69 Å². The van der Waals surface area contributed by atoms with Gasteiger partial charge in [-0.15, -0.1) is 0 Å². The molecule has 2 aromatic heterocycles. The van der Waals surface area contributed by atoms with Gasteiger partial charge < -0.3 is 39.4 Å². The Kier molecular flexibility index (Phi) is 8.68. The van der Waals surface area contributed by atoms with Crippen molar-refractivity contribution >= 4 is 41.4 Å². The van der Waals surface area contributed by atoms with Crippen molar-refractivity contribution in [1.82, 2.24) is 24.8 Å². The van der Waals surface area contributed by atoms with Crippen LogP contribution in [-0.4, -0.2) is 93.1 Å². The second-order valence-corrected chi connectivity index (χ2v) is 8.17. The first kappa shape index (κ1) is 26.7. The number of hydrogen-bond donors (Lipinski definition) is 1. The number of hydrogen-bond acceptors (Lipinski definition) is 12. The molecule has 2 aliphatic heterocycles. The van der Waals surface area contributed by atoms with Crippen LogP contribution in [0.25, 0.3) is 0 Å². The lowest BCUT2D eigenvalue weighted by atomic mass is 10.3. The number of aliphatic carboxylic acids is 2. The van der Waals surface area contributed by atoms with Crippen LogP contribution in [0.2, 0.25) is 5.02 Å². The predicted molar refractivity (Wildman–Crippen MR) is 117 cm³/mol. The zero-order valence-corrected chi connectivity index (χ0v) is 19.7. The summed E-state index contributed by atoms with van der Waals surface area (Å²) in [6.45, 7) is 2.64. The topological polar surface area (TPSA) is 192 Å². The minimum atomic E-state index is -1.96. The molecule has 192 valence electrons. The molecule has 0 bridgehead atoms. The van der Waals surface area contributed by atoms with Crippen LogP contribution in [0.4, 0.5) is 10.6 Å². The van der Waals surface area contributed by atoms with E-state index in [9.17, 15) is 29.4 Å². The first-order chi connectivity index (χ1) is 17.1. The van der Waals surface area contributed by atoms with E-state index in [0.29, 0.717) is 29.6 Å². The first-order valence-corrected chi connectivity index (χ1v) is 10.9. The molecule has 4 heterocycles. The summed E-state index contributed by atoms with van der Waals surface area (Å²) in [5.74, 6) is -3.55. The quantitative estimate of drug-likeness (QED) is 0.448. The first-order valence-electron chi connectivity index (χ1n) is 10.6. The summed E-state index contributed by atoms with van der Waals surface area (Å²) in [5, 5.41) is 27.8. The van der Waals surface area contributed by atoms with Crippen molar-refractivity contribution in [2.24, 2.45) is 0 Å². The average Bonchev–Trinajstić information content (AvgIpc) is 3.11. The Morgan fingerprint density at radius 3 is 2.36 bits per heavy atom. The fourth-order valence-corrected chi connectivity index (χ4v) is 3.39. The molecule has 15 heteroatoms. The van der Waals surface area contributed by atoms with Crippen molar-refractivity contribution in [3.63, 3.8) is 0 Å². The highest BCUT2D eigenvalue weighted by Crippen LogP contribution is 2.35. The van der Waals surface area contributed by atoms with Gasteiger partial charge in [-0.2, -0.15) is 0 Å². The van der Waals surface area contributed by atoms with Crippen molar-refractivity contribution in [2.75, 3.05) is 38.1 Å². The number of carboxylic acids is 2. The number of likely N-dealkylation sites (N-methyl/N-ethyl adjacent to an activating group) is 1. The molecule has 0 aliphatic carbocycles. The van der Waals surface area contributed by atoms with Gasteiger partial charge in [0.1, 0.15) is 11.5 Å². The SMILES string of the molecule is CN1CCN(C(=O)O[C@H]2c3nccnc3C(=O)N2c2ccc(Cl)cn2)CC1.O=C([O-])C[C@H](O)C(=O)[O-]. The van der Waals surface area contributed by atoms with Crippen molar-refractivity contribution < 1.29 is 39.2 Å². The molecule has 0 aromatic carbocycles. The number of pyridine rings is 1. The summed E-state index contributed by atoms with van der Waals surface area (Å²) in [6.07, 6.45) is -0.109. The van der Waals surface area contributed by atoms with Gasteiger partial charge in [-0.05, 0) is 19.2 Å². The predicted octanol–water partition coefficient (Wildman–Crippen LogP) is -2.19. The Labute approximate surface area is 209 Å². The van der Waals surface area contributed by atoms with E-state index in [4.69, 9.17) is 21.4 Å². The summed E-state index contributed by atoms with van der Waals surface area (Å²) in [5.41, 5.74) is 0.437. The van der Waals surface area contributed by atoms with Gasteiger partial charge in [-0.1, -0.05) is 11.6 Å². The summed E-state index contributed by atoms with van der Waals surface area (Å²) in [4.78, 5) is 62.1. The van der Waals surface area contributed by atoms with E-state index in [-0.39, 0.29) is 5.69 Å². The molecular formula is C21H21ClN6O8-2. The Balaban J connectivity index is 0.000000345. The summed E-state index contributed by atoms with van der Waals surface area (Å²) < 4.78 is 5.68. The molecule has 0 spiro atoms. The zero-order chi connectivity index (χ0) is 26.4. The van der Waals surface area contributed by atoms with Crippen LogP contribution in [0.15, 0.2) is 30.7 Å². The molecule has 2 amide bonds. The molecule has 2 aromatic rings. The fourth-order valence-electron chi connectivity index (χ4n) is 3.28. The monoisotopic (exact) mass is 520 g/mol. The summed E-state index contributed by atoms with van der Waals surface area (Å²) in [7, 11) is 2.00. The van der Waals surface area contributed by atoms with Crippen molar-refractivity contribution in [3.05, 3.63) is 47.1 Å². The van der Waals surface area contributed by atoms with E-state index in [2.05, 4.69) is 19.9 Å². The number of nitrogens with zero attached hydrogens (tertiary/aromatic N) is 6. The molecule has 0 radical (unpaired) electrons. The Hall–Kier alpha value is -3.88. The molecule has 14 nitrogen and oxygen atoms in total. The van der Waals surface area contributed by atoms with Crippen LogP contribution in [0.3, 0.4) is 0 Å². The maximum Gasteiger partial charge on any atom is 0.412 e. The van der Waals surface area contributed by atoms with Crippen molar-refractivity contribution in [1.29, 1.82) is 0 Å². The van der Waals surface area contributed by atoms with E-state index in [1.54, 1.807) is 17.0 Å². The molecule has 4 rings (SSSR count). The van der Waals surface area contributed by atoms with Crippen LogP contribution in [0.1, 0.15) is 28.8 Å². The third kappa shape index (κ3) is 6.41. The van der Waals surface area contributed by atoms with Crippen molar-refractivity contribution in [2.45, 2.75) is 18.8 Å². The molecule has 1 fully saturated rings. The number of piperazine rings is 1. The number of amides is 2. The van der Waals surface area contributed by atoms with Gasteiger partial charge in [0.2, 0.25) is 6.23 Å². The number of aromatic nitrogens is 3. The number of carbonyl (C=O) groups excluding carboxylic acids is 4. The molecule has 0 saturated carbocycles. The highest BCUT2D eigenvalue weighted by molar-refractivity contribution is 6.30. The lowest BCUT2D eigenvalue weighted by Gasteiger charge is -2.33. The normalized spacial score (nSPS) is 18.1. The smallest absolute Gasteiger partial charge is 0.412 e.